The Hall–Kier alpha value is -0.560. The molecule has 6 heteroatoms. The lowest BCUT2D eigenvalue weighted by Crippen LogP contribution is -2.43. The van der Waals surface area contributed by atoms with Crippen LogP contribution in [0.25, 0.3) is 0 Å². The zero-order chi connectivity index (χ0) is 16.6. The van der Waals surface area contributed by atoms with E-state index in [4.69, 9.17) is 11.6 Å². The second-order valence-corrected chi connectivity index (χ2v) is 7.24. The van der Waals surface area contributed by atoms with Gasteiger partial charge < -0.3 is 10.6 Å². The number of hydrogen-bond acceptors (Lipinski definition) is 2. The molecule has 1 heterocycles. The molecule has 1 rings (SSSR count). The highest BCUT2D eigenvalue weighted by Gasteiger charge is 2.19. The van der Waals surface area contributed by atoms with E-state index < -0.39 is 0 Å². The number of pyridine rings is 1. The molecule has 0 saturated heterocycles. The van der Waals surface area contributed by atoms with E-state index in [1.807, 2.05) is 18.3 Å². The molecule has 2 N–H and O–H groups in total. The molecule has 1 aromatic heterocycles. The third-order valence-electron chi connectivity index (χ3n) is 3.41. The van der Waals surface area contributed by atoms with Crippen molar-refractivity contribution in [3.63, 3.8) is 0 Å². The number of nitrogens with one attached hydrogen (secondary N) is 2. The van der Waals surface area contributed by atoms with Crippen LogP contribution in [-0.2, 0) is 6.42 Å². The maximum Gasteiger partial charge on any atom is 0.191 e. The predicted molar refractivity (Wildman–Crippen MR) is 111 cm³/mol. The van der Waals surface area contributed by atoms with Gasteiger partial charge in [-0.15, -0.1) is 24.0 Å². The van der Waals surface area contributed by atoms with E-state index >= 15 is 0 Å². The summed E-state index contributed by atoms with van der Waals surface area (Å²) in [6.07, 6.45) is 3.89. The van der Waals surface area contributed by atoms with E-state index in [2.05, 4.69) is 48.3 Å². The van der Waals surface area contributed by atoms with Gasteiger partial charge in [0.05, 0.1) is 0 Å². The van der Waals surface area contributed by atoms with Gasteiger partial charge in [0.25, 0.3) is 0 Å². The van der Waals surface area contributed by atoms with Crippen LogP contribution < -0.4 is 10.6 Å². The second-order valence-electron chi connectivity index (χ2n) is 6.85. The SMILES string of the molecule is CN=C(NCCc1ccc(Cl)nc1)NCC(C)(C)CC(C)C.I. The summed E-state index contributed by atoms with van der Waals surface area (Å²) in [4.78, 5) is 8.36. The summed E-state index contributed by atoms with van der Waals surface area (Å²) >= 11 is 5.78. The van der Waals surface area contributed by atoms with Crippen LogP contribution in [0, 0.1) is 11.3 Å². The first kappa shape index (κ1) is 22.4. The summed E-state index contributed by atoms with van der Waals surface area (Å²) in [7, 11) is 1.80. The maximum absolute atomic E-state index is 5.78. The fourth-order valence-corrected chi connectivity index (χ4v) is 2.71. The van der Waals surface area contributed by atoms with Gasteiger partial charge in [0.1, 0.15) is 5.15 Å². The van der Waals surface area contributed by atoms with Gasteiger partial charge in [0, 0.05) is 26.3 Å². The molecule has 0 saturated carbocycles. The zero-order valence-electron chi connectivity index (χ0n) is 14.8. The molecular formula is C17H30ClIN4. The van der Waals surface area contributed by atoms with E-state index in [1.54, 1.807) is 7.05 Å². The number of aliphatic imine (C=N–C) groups is 1. The minimum Gasteiger partial charge on any atom is -0.356 e. The molecule has 4 nitrogen and oxygen atoms in total. The van der Waals surface area contributed by atoms with Gasteiger partial charge in [-0.1, -0.05) is 45.4 Å². The number of guanidine groups is 1. The van der Waals surface area contributed by atoms with Crippen molar-refractivity contribution in [1.29, 1.82) is 0 Å². The quantitative estimate of drug-likeness (QED) is 0.283. The average Bonchev–Trinajstić information content (AvgIpc) is 2.43. The Morgan fingerprint density at radius 1 is 1.30 bits per heavy atom. The highest BCUT2D eigenvalue weighted by Crippen LogP contribution is 2.23. The normalized spacial score (nSPS) is 12.0. The van der Waals surface area contributed by atoms with Crippen molar-refractivity contribution in [1.82, 2.24) is 15.6 Å². The molecule has 0 bridgehead atoms. The molecule has 0 atom stereocenters. The maximum atomic E-state index is 5.78. The van der Waals surface area contributed by atoms with Gasteiger partial charge in [-0.05, 0) is 35.8 Å². The molecule has 132 valence electrons. The Morgan fingerprint density at radius 3 is 2.52 bits per heavy atom. The topological polar surface area (TPSA) is 49.3 Å². The summed E-state index contributed by atoms with van der Waals surface area (Å²) in [5.74, 6) is 1.54. The van der Waals surface area contributed by atoms with E-state index in [0.29, 0.717) is 11.1 Å². The molecule has 0 aromatic carbocycles. The monoisotopic (exact) mass is 452 g/mol. The van der Waals surface area contributed by atoms with Crippen molar-refractivity contribution in [3.8, 4) is 0 Å². The molecule has 0 spiro atoms. The third-order valence-corrected chi connectivity index (χ3v) is 3.64. The van der Waals surface area contributed by atoms with Crippen molar-refractivity contribution in [2.45, 2.75) is 40.5 Å². The van der Waals surface area contributed by atoms with Crippen LogP contribution in [-0.4, -0.2) is 31.1 Å². The Kier molecular flexibility index (Phi) is 10.8. The molecule has 0 unspecified atom stereocenters. The third kappa shape index (κ3) is 10.0. The average molecular weight is 453 g/mol. The Labute approximate surface area is 162 Å². The highest BCUT2D eigenvalue weighted by molar-refractivity contribution is 14.0. The Bertz CT molecular complexity index is 472. The number of nitrogens with zero attached hydrogens (tertiary/aromatic N) is 2. The van der Waals surface area contributed by atoms with E-state index in [0.717, 1.165) is 31.0 Å². The van der Waals surface area contributed by atoms with E-state index in [-0.39, 0.29) is 29.4 Å². The highest BCUT2D eigenvalue weighted by atomic mass is 127. The molecule has 0 radical (unpaired) electrons. The van der Waals surface area contributed by atoms with Gasteiger partial charge in [0.15, 0.2) is 5.96 Å². The number of rotatable bonds is 7. The number of aromatic nitrogens is 1. The van der Waals surface area contributed by atoms with E-state index in [9.17, 15) is 0 Å². The number of halogens is 2. The summed E-state index contributed by atoms with van der Waals surface area (Å²) in [5.41, 5.74) is 1.42. The largest absolute Gasteiger partial charge is 0.356 e. The minimum atomic E-state index is 0. The first-order valence-electron chi connectivity index (χ1n) is 7.87. The Morgan fingerprint density at radius 2 is 2.00 bits per heavy atom. The van der Waals surface area contributed by atoms with Gasteiger partial charge in [-0.3, -0.25) is 4.99 Å². The fourth-order valence-electron chi connectivity index (χ4n) is 2.60. The summed E-state index contributed by atoms with van der Waals surface area (Å²) in [5, 5.41) is 7.28. The van der Waals surface area contributed by atoms with Crippen molar-refractivity contribution >= 4 is 41.5 Å². The van der Waals surface area contributed by atoms with Gasteiger partial charge >= 0.3 is 0 Å². The fraction of sp³-hybridized carbons (Fsp3) is 0.647. The minimum absolute atomic E-state index is 0. The smallest absolute Gasteiger partial charge is 0.191 e. The molecule has 0 aliphatic carbocycles. The molecule has 23 heavy (non-hydrogen) atoms. The first-order chi connectivity index (χ1) is 10.3. The standard InChI is InChI=1S/C17H29ClN4.HI/c1-13(2)10-17(3,4)12-22-16(19-5)20-9-8-14-6-7-15(18)21-11-14;/h6-7,11,13H,8-10,12H2,1-5H3,(H2,19,20,22);1H. The van der Waals surface area contributed by atoms with Gasteiger partial charge in [0.2, 0.25) is 0 Å². The van der Waals surface area contributed by atoms with Gasteiger partial charge in [-0.2, -0.15) is 0 Å². The lowest BCUT2D eigenvalue weighted by atomic mass is 9.84. The second kappa shape index (κ2) is 11.1. The molecule has 1 aromatic rings. The van der Waals surface area contributed by atoms with Crippen molar-refractivity contribution in [3.05, 3.63) is 29.0 Å². The van der Waals surface area contributed by atoms with Crippen LogP contribution in [0.5, 0.6) is 0 Å². The first-order valence-corrected chi connectivity index (χ1v) is 8.25. The van der Waals surface area contributed by atoms with Crippen LogP contribution in [0.1, 0.15) is 39.7 Å². The van der Waals surface area contributed by atoms with Crippen LogP contribution in [0.4, 0.5) is 0 Å². The van der Waals surface area contributed by atoms with Crippen molar-refractivity contribution in [2.75, 3.05) is 20.1 Å². The van der Waals surface area contributed by atoms with Crippen LogP contribution in [0.3, 0.4) is 0 Å². The van der Waals surface area contributed by atoms with Crippen LogP contribution in [0.2, 0.25) is 5.15 Å². The summed E-state index contributed by atoms with van der Waals surface area (Å²) < 4.78 is 0. The molecule has 0 amide bonds. The summed E-state index contributed by atoms with van der Waals surface area (Å²) in [6, 6.07) is 3.82. The Balaban J connectivity index is 0.00000484. The van der Waals surface area contributed by atoms with E-state index in [1.165, 1.54) is 6.42 Å². The zero-order valence-corrected chi connectivity index (χ0v) is 17.9. The van der Waals surface area contributed by atoms with Crippen molar-refractivity contribution in [2.24, 2.45) is 16.3 Å². The summed E-state index contributed by atoms with van der Waals surface area (Å²) in [6.45, 7) is 10.8. The predicted octanol–water partition coefficient (Wildman–Crippen LogP) is 4.13. The lowest BCUT2D eigenvalue weighted by Gasteiger charge is -2.28. The van der Waals surface area contributed by atoms with Crippen molar-refractivity contribution < 1.29 is 0 Å². The molecule has 0 aliphatic heterocycles. The van der Waals surface area contributed by atoms with Crippen LogP contribution in [0.15, 0.2) is 23.3 Å². The lowest BCUT2D eigenvalue weighted by molar-refractivity contribution is 0.286. The van der Waals surface area contributed by atoms with Gasteiger partial charge in [-0.25, -0.2) is 4.98 Å². The molecule has 0 fully saturated rings. The molecule has 0 aliphatic rings. The number of hydrogen-bond donors (Lipinski definition) is 2. The molecular weight excluding hydrogens is 423 g/mol. The van der Waals surface area contributed by atoms with Crippen LogP contribution >= 0.6 is 35.6 Å².